The largest absolute Gasteiger partial charge is 0.453 e. The number of benzene rings is 2. The van der Waals surface area contributed by atoms with Crippen molar-refractivity contribution in [3.8, 4) is 22.8 Å². The molecule has 2 aromatic carbocycles. The van der Waals surface area contributed by atoms with Crippen LogP contribution in [0.15, 0.2) is 78.1 Å². The van der Waals surface area contributed by atoms with E-state index in [0.29, 0.717) is 39.7 Å². The van der Waals surface area contributed by atoms with Gasteiger partial charge in [-0.25, -0.2) is 14.4 Å². The molecule has 172 valence electrons. The van der Waals surface area contributed by atoms with Crippen molar-refractivity contribution in [3.05, 3.63) is 84.0 Å². The van der Waals surface area contributed by atoms with Gasteiger partial charge in [-0.15, -0.1) is 0 Å². The Hall–Kier alpha value is -3.40. The maximum absolute atomic E-state index is 14.9. The van der Waals surface area contributed by atoms with Gasteiger partial charge in [-0.05, 0) is 48.3 Å². The monoisotopic (exact) mass is 494 g/mol. The maximum atomic E-state index is 14.9. The lowest BCUT2D eigenvalue weighted by Crippen LogP contribution is -2.51. The fourth-order valence-electron chi connectivity index (χ4n) is 3.22. The molecule has 10 heteroatoms. The van der Waals surface area contributed by atoms with E-state index >= 15 is 0 Å². The molecule has 2 aromatic heterocycles. The van der Waals surface area contributed by atoms with E-state index < -0.39 is 5.82 Å². The molecule has 0 amide bonds. The molecule has 7 nitrogen and oxygen atoms in total. The van der Waals surface area contributed by atoms with Gasteiger partial charge in [0.1, 0.15) is 5.75 Å². The predicted molar refractivity (Wildman–Crippen MR) is 133 cm³/mol. The van der Waals surface area contributed by atoms with Crippen molar-refractivity contribution in [1.29, 1.82) is 0 Å². The van der Waals surface area contributed by atoms with Crippen LogP contribution in [0.5, 0.6) is 11.5 Å². The second-order valence-electron chi connectivity index (χ2n) is 7.52. The van der Waals surface area contributed by atoms with Crippen LogP contribution < -0.4 is 20.1 Å². The van der Waals surface area contributed by atoms with Crippen LogP contribution in [0.25, 0.3) is 11.3 Å². The minimum atomic E-state index is -0.505. The average Bonchev–Trinajstić information content (AvgIpc) is 2.83. The first kappa shape index (κ1) is 22.4. The van der Waals surface area contributed by atoms with E-state index in [-0.39, 0.29) is 5.75 Å². The molecule has 0 atom stereocenters. The summed E-state index contributed by atoms with van der Waals surface area (Å²) in [6.45, 7) is 1.74. The van der Waals surface area contributed by atoms with Gasteiger partial charge in [0.25, 0.3) is 0 Å². The van der Waals surface area contributed by atoms with E-state index in [1.54, 1.807) is 48.9 Å². The van der Waals surface area contributed by atoms with Gasteiger partial charge >= 0.3 is 0 Å². The molecular formula is C24H20ClFN6OS. The number of nitrogens with one attached hydrogen (secondary N) is 3. The van der Waals surface area contributed by atoms with Crippen molar-refractivity contribution in [3.63, 3.8) is 0 Å². The normalized spacial score (nSPS) is 13.2. The highest BCUT2D eigenvalue weighted by atomic mass is 35.5. The summed E-state index contributed by atoms with van der Waals surface area (Å²) in [6.07, 6.45) is 4.90. The number of pyridine rings is 1. The van der Waals surface area contributed by atoms with Crippen LogP contribution in [-0.4, -0.2) is 34.1 Å². The van der Waals surface area contributed by atoms with E-state index in [1.807, 2.05) is 18.2 Å². The van der Waals surface area contributed by atoms with Gasteiger partial charge < -0.3 is 20.1 Å². The van der Waals surface area contributed by atoms with Gasteiger partial charge in [-0.2, -0.15) is 0 Å². The summed E-state index contributed by atoms with van der Waals surface area (Å²) >= 11 is 7.48. The predicted octanol–water partition coefficient (Wildman–Crippen LogP) is 5.63. The van der Waals surface area contributed by atoms with Crippen molar-refractivity contribution in [2.45, 2.75) is 10.9 Å². The summed E-state index contributed by atoms with van der Waals surface area (Å²) in [6, 6.07) is 15.9. The van der Waals surface area contributed by atoms with Gasteiger partial charge in [0.15, 0.2) is 11.6 Å². The lowest BCUT2D eigenvalue weighted by molar-refractivity contribution is 0.443. The first-order chi connectivity index (χ1) is 16.7. The molecule has 0 radical (unpaired) electrons. The Morgan fingerprint density at radius 2 is 1.94 bits per heavy atom. The Morgan fingerprint density at radius 1 is 1.06 bits per heavy atom. The highest BCUT2D eigenvalue weighted by molar-refractivity contribution is 8.00. The molecule has 3 heterocycles. The number of halogens is 2. The highest BCUT2D eigenvalue weighted by Gasteiger charge is 2.18. The Morgan fingerprint density at radius 3 is 2.74 bits per heavy atom. The van der Waals surface area contributed by atoms with Crippen LogP contribution in [0.1, 0.15) is 0 Å². The van der Waals surface area contributed by atoms with Crippen LogP contribution in [0.4, 0.5) is 16.0 Å². The molecule has 4 aromatic rings. The lowest BCUT2D eigenvalue weighted by Gasteiger charge is -2.27. The van der Waals surface area contributed by atoms with Gasteiger partial charge in [-0.3, -0.25) is 4.98 Å². The molecule has 1 saturated heterocycles. The number of hydrogen-bond donors (Lipinski definition) is 3. The Bertz CT molecular complexity index is 1310. The number of rotatable bonds is 8. The molecule has 0 saturated carbocycles. The van der Waals surface area contributed by atoms with Crippen molar-refractivity contribution >= 4 is 35.2 Å². The van der Waals surface area contributed by atoms with Crippen LogP contribution in [0, 0.1) is 5.82 Å². The van der Waals surface area contributed by atoms with Crippen molar-refractivity contribution in [2.75, 3.05) is 23.1 Å². The first-order valence-electron chi connectivity index (χ1n) is 10.6. The average molecular weight is 495 g/mol. The zero-order valence-corrected chi connectivity index (χ0v) is 19.4. The molecule has 0 bridgehead atoms. The van der Waals surface area contributed by atoms with Crippen LogP contribution in [-0.2, 0) is 0 Å². The quantitative estimate of drug-likeness (QED) is 0.272. The molecule has 3 N–H and O–H groups in total. The molecule has 1 aliphatic rings. The molecule has 5 rings (SSSR count). The molecular weight excluding hydrogens is 475 g/mol. The zero-order chi connectivity index (χ0) is 23.3. The van der Waals surface area contributed by atoms with Gasteiger partial charge in [0.05, 0.1) is 22.3 Å². The van der Waals surface area contributed by atoms with Gasteiger partial charge in [-0.1, -0.05) is 23.7 Å². The summed E-state index contributed by atoms with van der Waals surface area (Å²) in [4.78, 5) is 13.9. The first-order valence-corrected chi connectivity index (χ1v) is 11.7. The standard InChI is InChI=1S/C24H20ClFN6OS/c25-18-3-1-2-4-23(18)34-32-15-5-6-22(19(26)11-15)33-21-8-9-27-14-17(21)20-7-10-29-24(31-20)30-16-12-28-13-16/h1-11,14,16,28,32H,12-13H2,(H,29,30,31). The summed E-state index contributed by atoms with van der Waals surface area (Å²) in [5.41, 5.74) is 1.85. The number of ether oxygens (including phenoxy) is 1. The second kappa shape index (κ2) is 10.3. The maximum Gasteiger partial charge on any atom is 0.223 e. The fourth-order valence-corrected chi connectivity index (χ4v) is 4.14. The number of hydrogen-bond acceptors (Lipinski definition) is 8. The van der Waals surface area contributed by atoms with Crippen LogP contribution in [0.3, 0.4) is 0 Å². The SMILES string of the molecule is Fc1cc(NSc2ccccc2Cl)ccc1Oc1ccncc1-c1ccnc(NC2CNC2)n1. The van der Waals surface area contributed by atoms with Crippen molar-refractivity contribution < 1.29 is 9.13 Å². The highest BCUT2D eigenvalue weighted by Crippen LogP contribution is 2.35. The van der Waals surface area contributed by atoms with Gasteiger partial charge in [0.2, 0.25) is 5.95 Å². The minimum Gasteiger partial charge on any atom is -0.453 e. The van der Waals surface area contributed by atoms with E-state index in [4.69, 9.17) is 16.3 Å². The minimum absolute atomic E-state index is 0.0914. The topological polar surface area (TPSA) is 84.0 Å². The molecule has 0 spiro atoms. The summed E-state index contributed by atoms with van der Waals surface area (Å²) in [5, 5.41) is 7.10. The molecule has 1 aliphatic heterocycles. The summed E-state index contributed by atoms with van der Waals surface area (Å²) in [7, 11) is 0. The van der Waals surface area contributed by atoms with Crippen molar-refractivity contribution in [1.82, 2.24) is 20.3 Å². The lowest BCUT2D eigenvalue weighted by atomic mass is 10.2. The fraction of sp³-hybridized carbons (Fsp3) is 0.125. The Kier molecular flexibility index (Phi) is 6.75. The van der Waals surface area contributed by atoms with Gasteiger partial charge in [0, 0.05) is 48.3 Å². The third-order valence-corrected chi connectivity index (χ3v) is 6.45. The molecule has 0 unspecified atom stereocenters. The number of aromatic nitrogens is 3. The second-order valence-corrected chi connectivity index (χ2v) is 8.77. The third-order valence-electron chi connectivity index (χ3n) is 5.09. The number of anilines is 2. The summed E-state index contributed by atoms with van der Waals surface area (Å²) in [5.74, 6) is 0.551. The Balaban J connectivity index is 1.32. The van der Waals surface area contributed by atoms with E-state index in [9.17, 15) is 4.39 Å². The zero-order valence-electron chi connectivity index (χ0n) is 17.8. The van der Waals surface area contributed by atoms with E-state index in [1.165, 1.54) is 18.0 Å². The molecule has 0 aliphatic carbocycles. The van der Waals surface area contributed by atoms with Crippen molar-refractivity contribution in [2.24, 2.45) is 0 Å². The van der Waals surface area contributed by atoms with Crippen LogP contribution in [0.2, 0.25) is 5.02 Å². The van der Waals surface area contributed by atoms with E-state index in [0.717, 1.165) is 18.0 Å². The van der Waals surface area contributed by atoms with Crippen LogP contribution >= 0.6 is 23.5 Å². The smallest absolute Gasteiger partial charge is 0.223 e. The van der Waals surface area contributed by atoms with E-state index in [2.05, 4.69) is 30.3 Å². The summed E-state index contributed by atoms with van der Waals surface area (Å²) < 4.78 is 23.9. The number of nitrogens with zero attached hydrogens (tertiary/aromatic N) is 3. The third kappa shape index (κ3) is 5.22. The molecule has 1 fully saturated rings. The Labute approximate surface area is 205 Å². The molecule has 34 heavy (non-hydrogen) atoms.